The average molecular weight is 1280 g/mol. The summed E-state index contributed by atoms with van der Waals surface area (Å²) >= 11 is 1.46. The first-order valence-electron chi connectivity index (χ1n) is 28.5. The van der Waals surface area contributed by atoms with Crippen molar-refractivity contribution < 1.29 is 74.1 Å². The number of benzene rings is 6. The minimum Gasteiger partial charge on any atom is -0.481 e. The van der Waals surface area contributed by atoms with Crippen LogP contribution in [0.2, 0.25) is 0 Å². The molecule has 0 unspecified atom stereocenters. The summed E-state index contributed by atoms with van der Waals surface area (Å²) in [5, 5.41) is 27.7. The van der Waals surface area contributed by atoms with Gasteiger partial charge in [0.1, 0.15) is 11.0 Å². The van der Waals surface area contributed by atoms with Gasteiger partial charge in [0.15, 0.2) is 21.9 Å². The molecule has 6 amide bonds. The molecular weight excluding hydrogens is 1220 g/mol. The molecule has 10 rings (SSSR count). The summed E-state index contributed by atoms with van der Waals surface area (Å²) in [7, 11) is 0. The number of carboxylic acids is 2. The number of amides is 6. The molecule has 0 atom stereocenters. The summed E-state index contributed by atoms with van der Waals surface area (Å²) in [6, 6.07) is 29.0. The number of thiazole rings is 2. The van der Waals surface area contributed by atoms with Crippen LogP contribution in [0.25, 0.3) is 26.0 Å². The van der Waals surface area contributed by atoms with Gasteiger partial charge in [0.25, 0.3) is 11.8 Å². The third-order valence-corrected chi connectivity index (χ3v) is 16.8. The summed E-state index contributed by atoms with van der Waals surface area (Å²) in [4.78, 5) is 84.3. The summed E-state index contributed by atoms with van der Waals surface area (Å²) < 4.78 is 108. The number of carboxylic acid groups (broad SMARTS) is 2. The Bertz CT molecular complexity index is 3950. The maximum atomic E-state index is 14.5. The number of urea groups is 2. The Kier molecular flexibility index (Phi) is 20.9. The lowest BCUT2D eigenvalue weighted by atomic mass is 9.84. The summed E-state index contributed by atoms with van der Waals surface area (Å²) in [6.07, 6.45) is 2.28. The minimum absolute atomic E-state index is 0.0199. The zero-order valence-corrected chi connectivity index (χ0v) is 49.4. The quantitative estimate of drug-likeness (QED) is 0.0446. The van der Waals surface area contributed by atoms with Crippen LogP contribution in [0.4, 0.5) is 66.4 Å². The third-order valence-electron chi connectivity index (χ3n) is 15.0. The number of carbonyl (C=O) groups excluding carboxylic acids is 4. The van der Waals surface area contributed by atoms with Crippen molar-refractivity contribution >= 4 is 106 Å². The molecule has 470 valence electrons. The van der Waals surface area contributed by atoms with Crippen LogP contribution in [0.3, 0.4) is 0 Å². The zero-order valence-electron chi connectivity index (χ0n) is 47.8. The highest BCUT2D eigenvalue weighted by molar-refractivity contribution is 7.22. The Morgan fingerprint density at radius 3 is 1.38 bits per heavy atom. The number of nitrogens with zero attached hydrogens (tertiary/aromatic N) is 4. The molecule has 2 aromatic heterocycles. The summed E-state index contributed by atoms with van der Waals surface area (Å²) in [5.74, 6) is -4.78. The van der Waals surface area contributed by atoms with E-state index in [1.54, 1.807) is 60.7 Å². The highest BCUT2D eigenvalue weighted by Crippen LogP contribution is 2.39. The second-order valence-electron chi connectivity index (χ2n) is 21.3. The molecule has 90 heavy (non-hydrogen) atoms. The van der Waals surface area contributed by atoms with Gasteiger partial charge in [0.2, 0.25) is 0 Å². The van der Waals surface area contributed by atoms with Crippen molar-refractivity contribution in [2.45, 2.75) is 102 Å². The van der Waals surface area contributed by atoms with Gasteiger partial charge in [0, 0.05) is 35.6 Å². The van der Waals surface area contributed by atoms with Crippen molar-refractivity contribution in [1.29, 1.82) is 0 Å². The molecule has 26 heteroatoms. The van der Waals surface area contributed by atoms with Crippen molar-refractivity contribution in [2.75, 3.05) is 33.5 Å². The van der Waals surface area contributed by atoms with Gasteiger partial charge in [-0.1, -0.05) is 96.5 Å². The number of hydrogen-bond acceptors (Lipinski definition) is 10. The number of fused-ring (bicyclic) bond motifs is 2. The Labute approximate surface area is 517 Å². The molecule has 0 radical (unpaired) electrons. The van der Waals surface area contributed by atoms with Crippen LogP contribution in [-0.4, -0.2) is 69.1 Å². The Morgan fingerprint density at radius 2 is 0.978 bits per heavy atom. The van der Waals surface area contributed by atoms with E-state index in [-0.39, 0.29) is 69.7 Å². The Hall–Kier alpha value is -9.30. The van der Waals surface area contributed by atoms with E-state index in [0.717, 1.165) is 78.9 Å². The van der Waals surface area contributed by atoms with E-state index in [9.17, 15) is 63.9 Å². The van der Waals surface area contributed by atoms with E-state index in [0.29, 0.717) is 51.7 Å². The fourth-order valence-electron chi connectivity index (χ4n) is 10.3. The molecule has 0 bridgehead atoms. The lowest BCUT2D eigenvalue weighted by Gasteiger charge is -2.25. The number of carbonyl (C=O) groups is 6. The maximum absolute atomic E-state index is 14.5. The van der Waals surface area contributed by atoms with Crippen molar-refractivity contribution in [3.8, 4) is 0 Å². The number of aliphatic carboxylic acids is 2. The first-order valence-corrected chi connectivity index (χ1v) is 30.2. The molecule has 16 nitrogen and oxygen atoms in total. The van der Waals surface area contributed by atoms with Gasteiger partial charge >= 0.3 is 36.4 Å². The van der Waals surface area contributed by atoms with Crippen molar-refractivity contribution in [3.63, 3.8) is 0 Å². The van der Waals surface area contributed by atoms with E-state index >= 15 is 0 Å². The number of alkyl halides is 6. The van der Waals surface area contributed by atoms with Crippen LogP contribution < -0.4 is 31.1 Å². The molecule has 2 aliphatic carbocycles. The molecule has 6 aromatic carbocycles. The molecule has 2 aliphatic rings. The first-order chi connectivity index (χ1) is 42.9. The van der Waals surface area contributed by atoms with Crippen LogP contribution in [0.5, 0.6) is 0 Å². The molecule has 0 saturated heterocycles. The Morgan fingerprint density at radius 1 is 0.544 bits per heavy atom. The van der Waals surface area contributed by atoms with Crippen LogP contribution >= 0.6 is 22.7 Å². The van der Waals surface area contributed by atoms with Crippen molar-refractivity contribution in [3.05, 3.63) is 184 Å². The smallest absolute Gasteiger partial charge is 0.416 e. The molecule has 0 spiro atoms. The molecular formula is C64H58F8N8O8S2. The topological polar surface area (TPSA) is 223 Å². The van der Waals surface area contributed by atoms with E-state index in [1.165, 1.54) is 40.2 Å². The van der Waals surface area contributed by atoms with Crippen molar-refractivity contribution in [2.24, 2.45) is 0 Å². The van der Waals surface area contributed by atoms with Gasteiger partial charge in [-0.15, -0.1) is 0 Å². The van der Waals surface area contributed by atoms with Gasteiger partial charge in [0.05, 0.1) is 46.5 Å². The predicted octanol–water partition coefficient (Wildman–Crippen LogP) is 15.8. The number of hydrogen-bond donors (Lipinski definition) is 6. The maximum Gasteiger partial charge on any atom is 0.416 e. The van der Waals surface area contributed by atoms with Crippen LogP contribution in [0.15, 0.2) is 127 Å². The standard InChI is InChI=1S/C32H30F4N4O4S.C32H28F4N4O4S/c2*33-25-16-23(32(34,35)36)17-26-28(25)38-30(45-26)39-31(44)40(24-12-10-21(11-13-24)20-4-2-1-3-5-20)18-19-6-8-22(9-7-19)29(43)37-15-14-27(41)42/h6-13,16-17,20H,1-5,14-15,18H2,(H,37,43)(H,41,42)(H,38,39,44);4,6-13,16-17H,1-3,5,14-15,18H2,(H,37,43)(H,41,42)(H,38,39,44). The van der Waals surface area contributed by atoms with Gasteiger partial charge < -0.3 is 20.8 Å². The van der Waals surface area contributed by atoms with Gasteiger partial charge in [-0.2, -0.15) is 26.3 Å². The Balaban J connectivity index is 0.000000213. The van der Waals surface area contributed by atoms with Gasteiger partial charge in [-0.3, -0.25) is 39.6 Å². The highest BCUT2D eigenvalue weighted by atomic mass is 32.1. The van der Waals surface area contributed by atoms with E-state index < -0.39 is 70.9 Å². The monoisotopic (exact) mass is 1280 g/mol. The number of rotatable bonds is 18. The lowest BCUT2D eigenvalue weighted by Crippen LogP contribution is -2.34. The van der Waals surface area contributed by atoms with Crippen LogP contribution in [-0.2, 0) is 35.0 Å². The highest BCUT2D eigenvalue weighted by Gasteiger charge is 2.34. The van der Waals surface area contributed by atoms with E-state index in [2.05, 4.69) is 37.3 Å². The minimum atomic E-state index is -4.74. The number of nitrogens with one attached hydrogen (secondary N) is 4. The molecule has 6 N–H and O–H groups in total. The molecule has 1 fully saturated rings. The van der Waals surface area contributed by atoms with Crippen molar-refractivity contribution in [1.82, 2.24) is 20.6 Å². The number of halogens is 8. The fraction of sp³-hybridized carbons (Fsp3) is 0.281. The number of anilines is 4. The van der Waals surface area contributed by atoms with Crippen LogP contribution in [0.1, 0.15) is 131 Å². The van der Waals surface area contributed by atoms with Gasteiger partial charge in [-0.25, -0.2) is 28.3 Å². The van der Waals surface area contributed by atoms with E-state index in [4.69, 9.17) is 10.2 Å². The summed E-state index contributed by atoms with van der Waals surface area (Å²) in [6.45, 7) is 0.0666. The fourth-order valence-corrected chi connectivity index (χ4v) is 12.1. The predicted molar refractivity (Wildman–Crippen MR) is 327 cm³/mol. The molecule has 1 saturated carbocycles. The van der Waals surface area contributed by atoms with E-state index in [1.807, 2.05) is 36.4 Å². The zero-order chi connectivity index (χ0) is 64.3. The molecule has 8 aromatic rings. The average Bonchev–Trinajstić information content (AvgIpc) is 1.73. The SMILES string of the molecule is O=C(O)CCNC(=O)c1ccc(CN(C(=O)Nc2nc3c(F)cc(C(F)(F)F)cc3s2)c2ccc(C3=CCCCC3)cc2)cc1.O=C(O)CCNC(=O)c1ccc(CN(C(=O)Nc2nc3c(F)cc(C(F)(F)F)cc3s2)c2ccc(C3CCCCC3)cc2)cc1. The molecule has 0 aliphatic heterocycles. The first kappa shape index (κ1) is 65.2. The van der Waals surface area contributed by atoms with Crippen LogP contribution in [0, 0.1) is 11.6 Å². The number of allylic oxidation sites excluding steroid dienone is 2. The third kappa shape index (κ3) is 17.1. The van der Waals surface area contributed by atoms with Gasteiger partial charge in [-0.05, 0) is 145 Å². The lowest BCUT2D eigenvalue weighted by molar-refractivity contribution is -0.138. The number of aromatic nitrogens is 2. The second kappa shape index (κ2) is 28.9. The largest absolute Gasteiger partial charge is 0.481 e. The molecule has 2 heterocycles. The summed E-state index contributed by atoms with van der Waals surface area (Å²) in [5.41, 5.74) is 3.60. The normalized spacial score (nSPS) is 13.6. The second-order valence-corrected chi connectivity index (χ2v) is 23.4.